The van der Waals surface area contributed by atoms with Gasteiger partial charge in [0.15, 0.2) is 0 Å². The van der Waals surface area contributed by atoms with E-state index in [2.05, 4.69) is 187 Å². The maximum absolute atomic E-state index is 14.7. The molecule has 0 N–H and O–H groups in total. The molecule has 13 rings (SSSR count). The summed E-state index contributed by atoms with van der Waals surface area (Å²) in [6.45, 7) is 6.17. The van der Waals surface area contributed by atoms with E-state index in [1.807, 2.05) is 48.5 Å². The summed E-state index contributed by atoms with van der Waals surface area (Å²) in [5, 5.41) is 6.90. The number of unbranched alkanes of at least 4 members (excludes halogenated alkanes) is 17. The Morgan fingerprint density at radius 2 is 0.649 bits per heavy atom. The Labute approximate surface area is 573 Å². The number of carbonyl (C=O) groups excluding carboxylic acids is 4. The molecule has 0 radical (unpaired) electrons. The molecule has 494 valence electrons. The zero-order valence-corrected chi connectivity index (χ0v) is 56.8. The van der Waals surface area contributed by atoms with Gasteiger partial charge in [-0.1, -0.05) is 245 Å². The van der Waals surface area contributed by atoms with Gasteiger partial charge in [0.1, 0.15) is 0 Å². The van der Waals surface area contributed by atoms with E-state index in [1.54, 1.807) is 4.90 Å². The first kappa shape index (κ1) is 66.2. The Hall–Kier alpha value is -9.44. The SMILES string of the molecule is CCCCCCCC(CCCCCCC)N1C(=O)c2ccc3c4ccc5c6c(ccc(c7ccc(c2c37)C1=O)c64)C(=O)N(CCCCCCCCCCCCOCc1ccc(N(c2ccccc2)c2ccc(-c3ccc(N(c4ccccc4)c4ccccc4)cc3)cc2)cc1)C5=O. The Kier molecular flexibility index (Phi) is 21.6. The topological polar surface area (TPSA) is 90.5 Å². The lowest BCUT2D eigenvalue weighted by Gasteiger charge is -2.35. The molecule has 0 saturated heterocycles. The van der Waals surface area contributed by atoms with Crippen LogP contribution in [-0.2, 0) is 11.3 Å². The molecule has 11 aromatic carbocycles. The predicted octanol–water partition coefficient (Wildman–Crippen LogP) is 23.7. The van der Waals surface area contributed by atoms with Crippen LogP contribution in [0.5, 0.6) is 0 Å². The molecular formula is C88H92N4O5. The van der Waals surface area contributed by atoms with Crippen LogP contribution in [0.25, 0.3) is 54.2 Å². The number of anilines is 6. The van der Waals surface area contributed by atoms with Gasteiger partial charge in [-0.3, -0.25) is 29.0 Å². The zero-order valence-electron chi connectivity index (χ0n) is 56.8. The van der Waals surface area contributed by atoms with Gasteiger partial charge in [0.25, 0.3) is 23.6 Å². The second-order valence-corrected chi connectivity index (χ2v) is 27.0. The summed E-state index contributed by atoms with van der Waals surface area (Å²) < 4.78 is 6.19. The molecule has 11 aromatic rings. The van der Waals surface area contributed by atoms with Crippen molar-refractivity contribution >= 4 is 101 Å². The van der Waals surface area contributed by atoms with E-state index in [9.17, 15) is 19.2 Å². The van der Waals surface area contributed by atoms with E-state index >= 15 is 0 Å². The normalized spacial score (nSPS) is 13.0. The predicted molar refractivity (Wildman–Crippen MR) is 401 cm³/mol. The molecule has 0 spiro atoms. The Morgan fingerprint density at radius 1 is 0.320 bits per heavy atom. The van der Waals surface area contributed by atoms with Gasteiger partial charge in [-0.15, -0.1) is 0 Å². The third-order valence-electron chi connectivity index (χ3n) is 20.4. The molecule has 0 fully saturated rings. The van der Waals surface area contributed by atoms with Gasteiger partial charge in [0, 0.05) is 86.3 Å². The summed E-state index contributed by atoms with van der Waals surface area (Å²) in [7, 11) is 0. The van der Waals surface area contributed by atoms with E-state index in [0.717, 1.165) is 172 Å². The third-order valence-corrected chi connectivity index (χ3v) is 20.4. The van der Waals surface area contributed by atoms with Gasteiger partial charge in [0.2, 0.25) is 0 Å². The van der Waals surface area contributed by atoms with E-state index in [-0.39, 0.29) is 29.7 Å². The highest BCUT2D eigenvalue weighted by molar-refractivity contribution is 6.41. The van der Waals surface area contributed by atoms with Crippen molar-refractivity contribution in [3.8, 4) is 11.1 Å². The Bertz CT molecular complexity index is 4300. The average Bonchev–Trinajstić information content (AvgIpc) is 0.692. The molecule has 0 aliphatic carbocycles. The molecule has 0 atom stereocenters. The maximum Gasteiger partial charge on any atom is 0.261 e. The van der Waals surface area contributed by atoms with Crippen molar-refractivity contribution in [3.05, 3.63) is 240 Å². The lowest BCUT2D eigenvalue weighted by molar-refractivity contribution is 0.0514. The van der Waals surface area contributed by atoms with Gasteiger partial charge in [0.05, 0.1) is 6.61 Å². The first-order valence-electron chi connectivity index (χ1n) is 36.4. The van der Waals surface area contributed by atoms with Crippen LogP contribution in [0.4, 0.5) is 34.1 Å². The Balaban J connectivity index is 0.548. The lowest BCUT2D eigenvalue weighted by atomic mass is 9.82. The number of para-hydroxylation sites is 3. The highest BCUT2D eigenvalue weighted by Crippen LogP contribution is 2.47. The van der Waals surface area contributed by atoms with Crippen molar-refractivity contribution in [2.24, 2.45) is 0 Å². The fraction of sp³-hybridized carbons (Fsp3) is 0.318. The molecule has 4 amide bonds. The largest absolute Gasteiger partial charge is 0.377 e. The third kappa shape index (κ3) is 14.4. The fourth-order valence-corrected chi connectivity index (χ4v) is 15.3. The van der Waals surface area contributed by atoms with E-state index < -0.39 is 0 Å². The number of rotatable bonds is 35. The number of carbonyl (C=O) groups is 4. The molecule has 0 unspecified atom stereocenters. The second kappa shape index (κ2) is 31.6. The number of hydrogen-bond acceptors (Lipinski definition) is 7. The van der Waals surface area contributed by atoms with E-state index in [0.29, 0.717) is 40.8 Å². The summed E-state index contributed by atoms with van der Waals surface area (Å²) in [6, 6.07) is 73.5. The van der Waals surface area contributed by atoms with Crippen LogP contribution in [-0.4, -0.2) is 52.6 Å². The zero-order chi connectivity index (χ0) is 66.5. The molecular weight excluding hydrogens is 1190 g/mol. The van der Waals surface area contributed by atoms with Crippen molar-refractivity contribution in [2.45, 2.75) is 168 Å². The van der Waals surface area contributed by atoms with Gasteiger partial charge in [-0.05, 0) is 172 Å². The van der Waals surface area contributed by atoms with Gasteiger partial charge in [-0.25, -0.2) is 0 Å². The molecule has 0 saturated carbocycles. The quantitative estimate of drug-likeness (QED) is 0.0169. The number of amides is 4. The highest BCUT2D eigenvalue weighted by Gasteiger charge is 2.39. The molecule has 2 heterocycles. The lowest BCUT2D eigenvalue weighted by Crippen LogP contribution is -2.47. The Morgan fingerprint density at radius 3 is 1.04 bits per heavy atom. The van der Waals surface area contributed by atoms with E-state index in [1.165, 1.54) is 69.1 Å². The summed E-state index contributed by atoms with van der Waals surface area (Å²) in [5.74, 6) is -0.861. The van der Waals surface area contributed by atoms with Crippen molar-refractivity contribution in [2.75, 3.05) is 23.0 Å². The van der Waals surface area contributed by atoms with Gasteiger partial charge < -0.3 is 14.5 Å². The highest BCUT2D eigenvalue weighted by atomic mass is 16.5. The average molecular weight is 1290 g/mol. The van der Waals surface area contributed by atoms with Crippen LogP contribution in [0.15, 0.2) is 212 Å². The van der Waals surface area contributed by atoms with Crippen LogP contribution in [0, 0.1) is 0 Å². The monoisotopic (exact) mass is 1280 g/mol. The summed E-state index contributed by atoms with van der Waals surface area (Å²) in [4.78, 5) is 65.8. The summed E-state index contributed by atoms with van der Waals surface area (Å²) >= 11 is 0. The number of ether oxygens (including phenoxy) is 1. The maximum atomic E-state index is 14.7. The number of benzene rings is 11. The minimum absolute atomic E-state index is 0.130. The molecule has 0 bridgehead atoms. The van der Waals surface area contributed by atoms with Crippen LogP contribution < -0.4 is 9.80 Å². The summed E-state index contributed by atoms with van der Waals surface area (Å²) in [5.41, 5.74) is 12.4. The van der Waals surface area contributed by atoms with E-state index in [4.69, 9.17) is 4.74 Å². The molecule has 2 aliphatic rings. The molecule has 97 heavy (non-hydrogen) atoms. The van der Waals surface area contributed by atoms with Crippen molar-refractivity contribution in [1.29, 1.82) is 0 Å². The van der Waals surface area contributed by atoms with Crippen LogP contribution in [0.3, 0.4) is 0 Å². The number of imide groups is 2. The van der Waals surface area contributed by atoms with Crippen LogP contribution in [0.2, 0.25) is 0 Å². The van der Waals surface area contributed by atoms with Crippen LogP contribution in [0.1, 0.15) is 202 Å². The summed E-state index contributed by atoms with van der Waals surface area (Å²) in [6.07, 6.45) is 24.0. The minimum atomic E-state index is -0.238. The fourth-order valence-electron chi connectivity index (χ4n) is 15.3. The van der Waals surface area contributed by atoms with Crippen molar-refractivity contribution in [3.63, 3.8) is 0 Å². The van der Waals surface area contributed by atoms with Gasteiger partial charge >= 0.3 is 0 Å². The molecule has 9 nitrogen and oxygen atoms in total. The minimum Gasteiger partial charge on any atom is -0.377 e. The molecule has 9 heteroatoms. The smallest absolute Gasteiger partial charge is 0.261 e. The van der Waals surface area contributed by atoms with Crippen molar-refractivity contribution in [1.82, 2.24) is 9.80 Å². The second-order valence-electron chi connectivity index (χ2n) is 27.0. The van der Waals surface area contributed by atoms with Gasteiger partial charge in [-0.2, -0.15) is 0 Å². The standard InChI is InChI=1S/C88H92N4O5/c1-3-5-7-15-22-38-69(39-23-16-8-6-4-2)92-87(95)79-58-54-75-73-52-56-77-83-78(57-53-74(81(73)83)76-55-59-80(88(92)96)84(79)82(75)76)86(94)89(85(77)93)60-30-17-13-11-9-10-12-14-18-31-61-97-62-63-40-46-70(47-41-63)91(68-36-28-21-29-37-68)72-50-44-65(45-51-72)64-42-48-71(49-43-64)90(66-32-24-19-25-33-66)67-34-26-20-27-35-67/h19-21,24-29,32-37,40-59,69H,3-18,22-23,30-31,38-39,60-62H2,1-2H3. The number of fused-ring (bicyclic) bond motifs is 2. The first-order chi connectivity index (χ1) is 47.8. The number of hydrogen-bond donors (Lipinski definition) is 0. The van der Waals surface area contributed by atoms with Crippen LogP contribution >= 0.6 is 0 Å². The first-order valence-corrected chi connectivity index (χ1v) is 36.4. The van der Waals surface area contributed by atoms with Crippen molar-refractivity contribution < 1.29 is 23.9 Å². The molecule has 0 aromatic heterocycles. The molecule has 2 aliphatic heterocycles. The number of nitrogens with zero attached hydrogens (tertiary/aromatic N) is 4.